The molecule has 98 valence electrons. The summed E-state index contributed by atoms with van der Waals surface area (Å²) >= 11 is 0. The van der Waals surface area contributed by atoms with E-state index in [-0.39, 0.29) is 18.4 Å². The van der Waals surface area contributed by atoms with Crippen molar-refractivity contribution in [1.29, 1.82) is 0 Å². The first kappa shape index (κ1) is 13.9. The lowest BCUT2D eigenvalue weighted by atomic mass is 9.91. The molecular formula is C17H18ClN. The molecule has 0 spiro atoms. The van der Waals surface area contributed by atoms with E-state index in [0.717, 1.165) is 6.42 Å². The molecule has 0 heterocycles. The summed E-state index contributed by atoms with van der Waals surface area (Å²) in [6.45, 7) is 2.14. The van der Waals surface area contributed by atoms with E-state index in [9.17, 15) is 0 Å². The van der Waals surface area contributed by atoms with E-state index in [1.165, 1.54) is 27.1 Å². The highest BCUT2D eigenvalue weighted by Crippen LogP contribution is 2.32. The van der Waals surface area contributed by atoms with Crippen molar-refractivity contribution in [2.24, 2.45) is 5.73 Å². The number of benzene rings is 3. The predicted octanol–water partition coefficient (Wildman–Crippen LogP) is 4.82. The van der Waals surface area contributed by atoms with Crippen molar-refractivity contribution in [3.8, 4) is 0 Å². The molecule has 2 N–H and O–H groups in total. The molecule has 0 bridgehead atoms. The maximum Gasteiger partial charge on any atom is 0.0304 e. The fourth-order valence-corrected chi connectivity index (χ4v) is 2.65. The zero-order valence-corrected chi connectivity index (χ0v) is 11.8. The van der Waals surface area contributed by atoms with Crippen LogP contribution in [0.5, 0.6) is 0 Å². The van der Waals surface area contributed by atoms with Gasteiger partial charge in [0.05, 0.1) is 0 Å². The Balaban J connectivity index is 0.00000133. The Labute approximate surface area is 119 Å². The molecule has 0 fully saturated rings. The Morgan fingerprint density at radius 3 is 1.84 bits per heavy atom. The second-order valence-electron chi connectivity index (χ2n) is 4.75. The first-order chi connectivity index (χ1) is 8.81. The largest absolute Gasteiger partial charge is 0.324 e. The molecule has 1 atom stereocenters. The summed E-state index contributed by atoms with van der Waals surface area (Å²) in [7, 11) is 0. The normalized spacial score (nSPS) is 12.3. The van der Waals surface area contributed by atoms with Crippen LogP contribution in [0.1, 0.15) is 24.9 Å². The topological polar surface area (TPSA) is 26.0 Å². The average Bonchev–Trinajstić information content (AvgIpc) is 2.44. The van der Waals surface area contributed by atoms with Crippen molar-refractivity contribution in [2.75, 3.05) is 0 Å². The number of hydrogen-bond donors (Lipinski definition) is 1. The van der Waals surface area contributed by atoms with Gasteiger partial charge in [-0.25, -0.2) is 0 Å². The molecule has 3 rings (SSSR count). The maximum atomic E-state index is 6.33. The summed E-state index contributed by atoms with van der Waals surface area (Å²) in [4.78, 5) is 0. The molecule has 0 aliphatic carbocycles. The van der Waals surface area contributed by atoms with Crippen LogP contribution in [0.15, 0.2) is 54.6 Å². The summed E-state index contributed by atoms with van der Waals surface area (Å²) in [5.41, 5.74) is 7.61. The lowest BCUT2D eigenvalue weighted by molar-refractivity contribution is 0.709. The van der Waals surface area contributed by atoms with Crippen LogP contribution in [0, 0.1) is 0 Å². The first-order valence-electron chi connectivity index (χ1n) is 6.47. The van der Waals surface area contributed by atoms with Gasteiger partial charge in [-0.2, -0.15) is 0 Å². The lowest BCUT2D eigenvalue weighted by Gasteiger charge is -2.16. The minimum atomic E-state index is 0. The van der Waals surface area contributed by atoms with Crippen LogP contribution in [0.3, 0.4) is 0 Å². The van der Waals surface area contributed by atoms with Crippen LogP contribution in [0.25, 0.3) is 21.5 Å². The van der Waals surface area contributed by atoms with Crippen LogP contribution in [-0.4, -0.2) is 0 Å². The van der Waals surface area contributed by atoms with Gasteiger partial charge in [-0.05, 0) is 39.6 Å². The third kappa shape index (κ3) is 2.32. The van der Waals surface area contributed by atoms with Gasteiger partial charge in [0.15, 0.2) is 0 Å². The highest BCUT2D eigenvalue weighted by molar-refractivity contribution is 6.02. The molecule has 19 heavy (non-hydrogen) atoms. The van der Waals surface area contributed by atoms with Gasteiger partial charge in [0.25, 0.3) is 0 Å². The molecule has 1 nitrogen and oxygen atoms in total. The van der Waals surface area contributed by atoms with E-state index in [1.807, 2.05) is 0 Å². The van der Waals surface area contributed by atoms with Crippen LogP contribution >= 0.6 is 12.4 Å². The van der Waals surface area contributed by atoms with Crippen molar-refractivity contribution in [1.82, 2.24) is 0 Å². The standard InChI is InChI=1S/C17H17N.ClH/c1-2-16(18)17-14-9-5-3-7-12(14)11-13-8-4-6-10-15(13)17;/h3-11,16H,2,18H2,1H3;1H/t16-;/m0./s1. The van der Waals surface area contributed by atoms with Crippen LogP contribution in [0.4, 0.5) is 0 Å². The monoisotopic (exact) mass is 271 g/mol. The van der Waals surface area contributed by atoms with Gasteiger partial charge >= 0.3 is 0 Å². The van der Waals surface area contributed by atoms with Crippen molar-refractivity contribution >= 4 is 34.0 Å². The second-order valence-corrected chi connectivity index (χ2v) is 4.75. The number of rotatable bonds is 2. The van der Waals surface area contributed by atoms with Gasteiger partial charge < -0.3 is 5.73 Å². The molecular weight excluding hydrogens is 254 g/mol. The molecule has 0 saturated carbocycles. The number of fused-ring (bicyclic) bond motifs is 2. The zero-order chi connectivity index (χ0) is 12.5. The van der Waals surface area contributed by atoms with Gasteiger partial charge in [0, 0.05) is 6.04 Å². The van der Waals surface area contributed by atoms with Crippen molar-refractivity contribution < 1.29 is 0 Å². The van der Waals surface area contributed by atoms with Crippen molar-refractivity contribution in [3.63, 3.8) is 0 Å². The average molecular weight is 272 g/mol. The van der Waals surface area contributed by atoms with E-state index < -0.39 is 0 Å². The lowest BCUT2D eigenvalue weighted by Crippen LogP contribution is -2.09. The third-order valence-corrected chi connectivity index (χ3v) is 3.62. The maximum absolute atomic E-state index is 6.33. The summed E-state index contributed by atoms with van der Waals surface area (Å²) in [5, 5.41) is 5.11. The molecule has 0 amide bonds. The summed E-state index contributed by atoms with van der Waals surface area (Å²) in [6.07, 6.45) is 0.956. The predicted molar refractivity (Wildman–Crippen MR) is 85.9 cm³/mol. The van der Waals surface area contributed by atoms with Gasteiger partial charge in [0.1, 0.15) is 0 Å². The number of nitrogens with two attached hydrogens (primary N) is 1. The van der Waals surface area contributed by atoms with Crippen LogP contribution in [-0.2, 0) is 0 Å². The Morgan fingerprint density at radius 2 is 1.37 bits per heavy atom. The van der Waals surface area contributed by atoms with E-state index in [2.05, 4.69) is 61.5 Å². The number of halogens is 1. The molecule has 0 saturated heterocycles. The Kier molecular flexibility index (Phi) is 4.08. The molecule has 3 aromatic carbocycles. The Morgan fingerprint density at radius 1 is 0.895 bits per heavy atom. The highest BCUT2D eigenvalue weighted by Gasteiger charge is 2.12. The fraction of sp³-hybridized carbons (Fsp3) is 0.176. The fourth-order valence-electron chi connectivity index (χ4n) is 2.65. The van der Waals surface area contributed by atoms with Crippen molar-refractivity contribution in [2.45, 2.75) is 19.4 Å². The molecule has 0 aliphatic rings. The molecule has 0 aromatic heterocycles. The minimum Gasteiger partial charge on any atom is -0.324 e. The van der Waals surface area contributed by atoms with Gasteiger partial charge in [-0.3, -0.25) is 0 Å². The van der Waals surface area contributed by atoms with Gasteiger partial charge in [-0.1, -0.05) is 55.5 Å². The number of hydrogen-bond acceptors (Lipinski definition) is 1. The second kappa shape index (κ2) is 5.60. The third-order valence-electron chi connectivity index (χ3n) is 3.62. The van der Waals surface area contributed by atoms with E-state index in [1.54, 1.807) is 0 Å². The van der Waals surface area contributed by atoms with Crippen LogP contribution < -0.4 is 5.73 Å². The SMILES string of the molecule is CC[C@H](N)c1c2ccccc2cc2ccccc12.Cl. The van der Waals surface area contributed by atoms with Crippen LogP contribution in [0.2, 0.25) is 0 Å². The van der Waals surface area contributed by atoms with E-state index in [4.69, 9.17) is 5.73 Å². The first-order valence-corrected chi connectivity index (χ1v) is 6.47. The highest BCUT2D eigenvalue weighted by atomic mass is 35.5. The molecule has 0 radical (unpaired) electrons. The minimum absolute atomic E-state index is 0. The summed E-state index contributed by atoms with van der Waals surface area (Å²) < 4.78 is 0. The Bertz CT molecular complexity index is 652. The summed E-state index contributed by atoms with van der Waals surface area (Å²) in [6, 6.07) is 19.3. The van der Waals surface area contributed by atoms with Gasteiger partial charge in [0.2, 0.25) is 0 Å². The molecule has 0 aliphatic heterocycles. The van der Waals surface area contributed by atoms with E-state index in [0.29, 0.717) is 0 Å². The quantitative estimate of drug-likeness (QED) is 0.664. The summed E-state index contributed by atoms with van der Waals surface area (Å²) in [5.74, 6) is 0. The zero-order valence-electron chi connectivity index (χ0n) is 11.0. The Hall–Kier alpha value is -1.57. The van der Waals surface area contributed by atoms with Gasteiger partial charge in [-0.15, -0.1) is 12.4 Å². The van der Waals surface area contributed by atoms with Crippen molar-refractivity contribution in [3.05, 3.63) is 60.2 Å². The molecule has 2 heteroatoms. The smallest absolute Gasteiger partial charge is 0.0304 e. The molecule has 3 aromatic rings. The molecule has 0 unspecified atom stereocenters. The van der Waals surface area contributed by atoms with E-state index >= 15 is 0 Å².